The standard InChI is InChI=1S/C22H13NOS/c1-2-5-15-13(4-1)7-9-17-20(15)22-21(23-17)16-12-14(8-10-19(16)25-22)18-6-3-11-24-18/h1-12,23H. The molecule has 0 aliphatic rings. The van der Waals surface area contributed by atoms with Crippen LogP contribution in [-0.4, -0.2) is 4.98 Å². The van der Waals surface area contributed by atoms with Crippen LogP contribution in [0.4, 0.5) is 0 Å². The number of nitrogens with one attached hydrogen (secondary N) is 1. The minimum Gasteiger partial charge on any atom is -0.464 e. The maximum absolute atomic E-state index is 5.57. The van der Waals surface area contributed by atoms with Crippen molar-refractivity contribution in [1.82, 2.24) is 4.98 Å². The first-order chi connectivity index (χ1) is 12.4. The summed E-state index contributed by atoms with van der Waals surface area (Å²) >= 11 is 1.86. The number of hydrogen-bond donors (Lipinski definition) is 1. The van der Waals surface area contributed by atoms with Gasteiger partial charge >= 0.3 is 0 Å². The minimum atomic E-state index is 0.905. The number of aromatic amines is 1. The van der Waals surface area contributed by atoms with E-state index in [1.807, 2.05) is 23.5 Å². The molecule has 1 N–H and O–H groups in total. The third kappa shape index (κ3) is 1.79. The number of hydrogen-bond acceptors (Lipinski definition) is 2. The highest BCUT2D eigenvalue weighted by atomic mass is 32.1. The first kappa shape index (κ1) is 13.3. The van der Waals surface area contributed by atoms with Crippen LogP contribution in [0.15, 0.2) is 77.4 Å². The summed E-state index contributed by atoms with van der Waals surface area (Å²) < 4.78 is 8.20. The van der Waals surface area contributed by atoms with Crippen molar-refractivity contribution in [1.29, 1.82) is 0 Å². The number of fused-ring (bicyclic) bond motifs is 7. The van der Waals surface area contributed by atoms with E-state index in [4.69, 9.17) is 4.42 Å². The van der Waals surface area contributed by atoms with Crippen molar-refractivity contribution in [2.75, 3.05) is 0 Å². The van der Waals surface area contributed by atoms with E-state index in [2.05, 4.69) is 59.6 Å². The van der Waals surface area contributed by atoms with Crippen LogP contribution in [0.25, 0.3) is 53.3 Å². The molecule has 25 heavy (non-hydrogen) atoms. The number of rotatable bonds is 1. The van der Waals surface area contributed by atoms with E-state index < -0.39 is 0 Å². The van der Waals surface area contributed by atoms with Gasteiger partial charge in [-0.15, -0.1) is 11.3 Å². The molecule has 0 unspecified atom stereocenters. The molecule has 3 heteroatoms. The minimum absolute atomic E-state index is 0.905. The molecule has 0 atom stereocenters. The molecule has 0 spiro atoms. The lowest BCUT2D eigenvalue weighted by molar-refractivity contribution is 0.582. The van der Waals surface area contributed by atoms with Gasteiger partial charge in [-0.25, -0.2) is 0 Å². The van der Waals surface area contributed by atoms with Crippen LogP contribution in [0.5, 0.6) is 0 Å². The Kier molecular flexibility index (Phi) is 2.52. The zero-order chi connectivity index (χ0) is 16.4. The topological polar surface area (TPSA) is 28.9 Å². The van der Waals surface area contributed by atoms with E-state index in [-0.39, 0.29) is 0 Å². The van der Waals surface area contributed by atoms with Gasteiger partial charge in [-0.05, 0) is 47.2 Å². The molecule has 0 radical (unpaired) electrons. The van der Waals surface area contributed by atoms with Crippen molar-refractivity contribution in [2.45, 2.75) is 0 Å². The van der Waals surface area contributed by atoms with E-state index in [0.717, 1.165) is 11.3 Å². The number of thiophene rings is 1. The molecular formula is C22H13NOS. The third-order valence-electron chi connectivity index (χ3n) is 4.91. The SMILES string of the molecule is c1coc(-c2ccc3sc4c([nH]c5ccc6ccccc6c54)c3c2)c1. The van der Waals surface area contributed by atoms with Crippen molar-refractivity contribution >= 4 is 53.3 Å². The normalized spacial score (nSPS) is 12.0. The van der Waals surface area contributed by atoms with E-state index in [0.29, 0.717) is 0 Å². The first-order valence-electron chi connectivity index (χ1n) is 8.28. The molecule has 118 valence electrons. The number of aromatic nitrogens is 1. The lowest BCUT2D eigenvalue weighted by Gasteiger charge is -1.99. The highest BCUT2D eigenvalue weighted by molar-refractivity contribution is 7.26. The van der Waals surface area contributed by atoms with Gasteiger partial charge in [0.05, 0.1) is 16.5 Å². The Morgan fingerprint density at radius 2 is 1.80 bits per heavy atom. The Morgan fingerprint density at radius 1 is 0.840 bits per heavy atom. The fourth-order valence-electron chi connectivity index (χ4n) is 3.75. The fraction of sp³-hybridized carbons (Fsp3) is 0. The van der Waals surface area contributed by atoms with Crippen molar-refractivity contribution in [3.05, 3.63) is 73.0 Å². The van der Waals surface area contributed by atoms with E-state index in [9.17, 15) is 0 Å². The molecule has 0 aliphatic heterocycles. The monoisotopic (exact) mass is 339 g/mol. The molecule has 0 bridgehead atoms. The number of benzene rings is 3. The molecule has 0 aliphatic carbocycles. The van der Waals surface area contributed by atoms with Crippen LogP contribution >= 0.6 is 11.3 Å². The molecule has 6 aromatic rings. The van der Waals surface area contributed by atoms with E-state index in [1.165, 1.54) is 42.0 Å². The molecule has 0 amide bonds. The zero-order valence-corrected chi connectivity index (χ0v) is 14.1. The summed E-state index contributed by atoms with van der Waals surface area (Å²) in [5.74, 6) is 0.905. The molecule has 0 saturated heterocycles. The average molecular weight is 339 g/mol. The summed E-state index contributed by atoms with van der Waals surface area (Å²) in [5, 5.41) is 5.18. The van der Waals surface area contributed by atoms with E-state index in [1.54, 1.807) is 6.26 Å². The number of furan rings is 1. The Balaban J connectivity index is 1.76. The second-order valence-electron chi connectivity index (χ2n) is 6.33. The van der Waals surface area contributed by atoms with Gasteiger partial charge in [0.15, 0.2) is 0 Å². The quantitative estimate of drug-likeness (QED) is 0.345. The largest absolute Gasteiger partial charge is 0.464 e. The molecular weight excluding hydrogens is 326 g/mol. The number of H-pyrrole nitrogens is 1. The Hall–Kier alpha value is -3.04. The maximum Gasteiger partial charge on any atom is 0.133 e. The molecule has 0 saturated carbocycles. The van der Waals surface area contributed by atoms with Crippen LogP contribution in [0.3, 0.4) is 0 Å². The Labute approximate surface area is 147 Å². The molecule has 3 heterocycles. The smallest absolute Gasteiger partial charge is 0.133 e. The maximum atomic E-state index is 5.57. The first-order valence-corrected chi connectivity index (χ1v) is 9.10. The van der Waals surface area contributed by atoms with Crippen molar-refractivity contribution in [2.24, 2.45) is 0 Å². The van der Waals surface area contributed by atoms with Crippen LogP contribution < -0.4 is 0 Å². The van der Waals surface area contributed by atoms with Gasteiger partial charge in [0.2, 0.25) is 0 Å². The second kappa shape index (κ2) is 4.74. The highest BCUT2D eigenvalue weighted by Crippen LogP contribution is 2.42. The lowest BCUT2D eigenvalue weighted by atomic mass is 10.1. The summed E-state index contributed by atoms with van der Waals surface area (Å²) in [6, 6.07) is 23.5. The average Bonchev–Trinajstić information content (AvgIpc) is 3.36. The van der Waals surface area contributed by atoms with Crippen LogP contribution in [0, 0.1) is 0 Å². The molecule has 6 rings (SSSR count). The van der Waals surface area contributed by atoms with Gasteiger partial charge in [-0.3, -0.25) is 0 Å². The zero-order valence-electron chi connectivity index (χ0n) is 13.2. The van der Waals surface area contributed by atoms with Crippen LogP contribution in [0.2, 0.25) is 0 Å². The lowest BCUT2D eigenvalue weighted by Crippen LogP contribution is -1.75. The highest BCUT2D eigenvalue weighted by Gasteiger charge is 2.14. The van der Waals surface area contributed by atoms with Crippen LogP contribution in [0.1, 0.15) is 0 Å². The van der Waals surface area contributed by atoms with Crippen molar-refractivity contribution in [3.63, 3.8) is 0 Å². The Morgan fingerprint density at radius 3 is 2.72 bits per heavy atom. The van der Waals surface area contributed by atoms with Gasteiger partial charge in [0, 0.05) is 26.6 Å². The summed E-state index contributed by atoms with van der Waals surface area (Å²) in [6.45, 7) is 0. The van der Waals surface area contributed by atoms with Gasteiger partial charge < -0.3 is 9.40 Å². The Bertz CT molecular complexity index is 1390. The second-order valence-corrected chi connectivity index (χ2v) is 7.38. The van der Waals surface area contributed by atoms with Gasteiger partial charge in [-0.1, -0.05) is 30.3 Å². The molecule has 3 aromatic heterocycles. The van der Waals surface area contributed by atoms with Crippen LogP contribution in [-0.2, 0) is 0 Å². The van der Waals surface area contributed by atoms with Crippen molar-refractivity contribution in [3.8, 4) is 11.3 Å². The predicted molar refractivity (Wildman–Crippen MR) is 106 cm³/mol. The summed E-state index contributed by atoms with van der Waals surface area (Å²) in [7, 11) is 0. The van der Waals surface area contributed by atoms with Gasteiger partial charge in [0.1, 0.15) is 5.76 Å². The van der Waals surface area contributed by atoms with Crippen molar-refractivity contribution < 1.29 is 4.42 Å². The molecule has 0 fully saturated rings. The summed E-state index contributed by atoms with van der Waals surface area (Å²) in [4.78, 5) is 3.65. The molecule has 2 nitrogen and oxygen atoms in total. The van der Waals surface area contributed by atoms with Gasteiger partial charge in [-0.2, -0.15) is 0 Å². The summed E-state index contributed by atoms with van der Waals surface area (Å²) in [6.07, 6.45) is 1.72. The molecule has 3 aromatic carbocycles. The van der Waals surface area contributed by atoms with E-state index >= 15 is 0 Å². The fourth-order valence-corrected chi connectivity index (χ4v) is 4.96. The van der Waals surface area contributed by atoms with Gasteiger partial charge in [0.25, 0.3) is 0 Å². The summed E-state index contributed by atoms with van der Waals surface area (Å²) in [5.41, 5.74) is 3.53. The predicted octanol–water partition coefficient (Wildman–Crippen LogP) is 6.95. The third-order valence-corrected chi connectivity index (χ3v) is 6.10.